The maximum Gasteiger partial charge on any atom is 0.254 e. The van der Waals surface area contributed by atoms with Gasteiger partial charge in [0.25, 0.3) is 5.91 Å². The fourth-order valence-corrected chi connectivity index (χ4v) is 3.93. The molecule has 1 fully saturated rings. The summed E-state index contributed by atoms with van der Waals surface area (Å²) in [6, 6.07) is 5.88. The van der Waals surface area contributed by atoms with Crippen molar-refractivity contribution >= 4 is 5.91 Å². The van der Waals surface area contributed by atoms with Crippen LogP contribution < -0.4 is 4.74 Å². The standard InChI is InChI=1S/C19H22N2O3/c1-12-18(13(2)24-20-12)16-6-3-9-21(16)19(22)15-7-8-17-14(11-15)5-4-10-23-17/h7-8,11,16H,3-6,9-10H2,1-2H3/t16-/m1/s1. The average molecular weight is 326 g/mol. The Hall–Kier alpha value is -2.30. The largest absolute Gasteiger partial charge is 0.493 e. The number of hydrogen-bond donors (Lipinski definition) is 0. The molecule has 1 aromatic heterocycles. The Bertz CT molecular complexity index is 761. The first-order chi connectivity index (χ1) is 11.6. The minimum absolute atomic E-state index is 0.0658. The van der Waals surface area contributed by atoms with Crippen LogP contribution in [0.5, 0.6) is 5.75 Å². The lowest BCUT2D eigenvalue weighted by molar-refractivity contribution is 0.0734. The molecule has 1 aromatic carbocycles. The van der Waals surface area contributed by atoms with E-state index in [0.29, 0.717) is 0 Å². The van der Waals surface area contributed by atoms with Crippen LogP contribution >= 0.6 is 0 Å². The van der Waals surface area contributed by atoms with Gasteiger partial charge in [0.05, 0.1) is 18.3 Å². The lowest BCUT2D eigenvalue weighted by Gasteiger charge is -2.25. The van der Waals surface area contributed by atoms with Crippen molar-refractivity contribution in [3.8, 4) is 5.75 Å². The summed E-state index contributed by atoms with van der Waals surface area (Å²) in [5.74, 6) is 1.82. The molecule has 5 heteroatoms. The average Bonchev–Trinajstić information content (AvgIpc) is 3.20. The Kier molecular flexibility index (Phi) is 3.79. The van der Waals surface area contributed by atoms with Crippen molar-refractivity contribution < 1.29 is 14.1 Å². The van der Waals surface area contributed by atoms with Gasteiger partial charge in [0.15, 0.2) is 0 Å². The first-order valence-electron chi connectivity index (χ1n) is 8.64. The summed E-state index contributed by atoms with van der Waals surface area (Å²) in [6.07, 6.45) is 3.96. The van der Waals surface area contributed by atoms with Crippen LogP contribution in [0, 0.1) is 13.8 Å². The Morgan fingerprint density at radius 3 is 2.96 bits per heavy atom. The normalized spacial score (nSPS) is 19.9. The molecule has 0 unspecified atom stereocenters. The van der Waals surface area contributed by atoms with Crippen LogP contribution in [-0.4, -0.2) is 29.1 Å². The molecule has 126 valence electrons. The fraction of sp³-hybridized carbons (Fsp3) is 0.474. The number of nitrogens with zero attached hydrogens (tertiary/aromatic N) is 2. The maximum absolute atomic E-state index is 13.1. The van der Waals surface area contributed by atoms with E-state index in [1.807, 2.05) is 36.9 Å². The number of aromatic nitrogens is 1. The van der Waals surface area contributed by atoms with E-state index in [9.17, 15) is 4.79 Å². The quantitative estimate of drug-likeness (QED) is 0.846. The first kappa shape index (κ1) is 15.2. The van der Waals surface area contributed by atoms with E-state index in [1.54, 1.807) is 0 Å². The van der Waals surface area contributed by atoms with Gasteiger partial charge in [-0.3, -0.25) is 4.79 Å². The number of hydrogen-bond acceptors (Lipinski definition) is 4. The zero-order valence-electron chi connectivity index (χ0n) is 14.2. The molecule has 4 rings (SSSR count). The number of amides is 1. The molecule has 2 aliphatic heterocycles. The van der Waals surface area contributed by atoms with Gasteiger partial charge in [-0.05, 0) is 63.3 Å². The summed E-state index contributed by atoms with van der Waals surface area (Å²) in [4.78, 5) is 15.1. The third kappa shape index (κ3) is 2.48. The molecule has 24 heavy (non-hydrogen) atoms. The topological polar surface area (TPSA) is 55.6 Å². The molecule has 5 nitrogen and oxygen atoms in total. The first-order valence-corrected chi connectivity index (χ1v) is 8.64. The molecule has 3 heterocycles. The Morgan fingerprint density at radius 2 is 2.17 bits per heavy atom. The van der Waals surface area contributed by atoms with Crippen molar-refractivity contribution in [1.82, 2.24) is 10.1 Å². The minimum atomic E-state index is 0.0658. The molecule has 0 spiro atoms. The molecule has 1 amide bonds. The van der Waals surface area contributed by atoms with Crippen LogP contribution in [0.15, 0.2) is 22.7 Å². The van der Waals surface area contributed by atoms with E-state index in [0.717, 1.165) is 72.7 Å². The number of fused-ring (bicyclic) bond motifs is 1. The summed E-state index contributed by atoms with van der Waals surface area (Å²) in [5.41, 5.74) is 3.84. The monoisotopic (exact) mass is 326 g/mol. The summed E-state index contributed by atoms with van der Waals surface area (Å²) >= 11 is 0. The fourth-order valence-electron chi connectivity index (χ4n) is 3.93. The summed E-state index contributed by atoms with van der Waals surface area (Å²) in [6.45, 7) is 5.41. The molecule has 0 radical (unpaired) electrons. The third-order valence-electron chi connectivity index (χ3n) is 5.09. The van der Waals surface area contributed by atoms with E-state index < -0.39 is 0 Å². The zero-order valence-corrected chi connectivity index (χ0v) is 14.2. The lowest BCUT2D eigenvalue weighted by Crippen LogP contribution is -2.31. The van der Waals surface area contributed by atoms with Gasteiger partial charge in [-0.25, -0.2) is 0 Å². The third-order valence-corrected chi connectivity index (χ3v) is 5.09. The van der Waals surface area contributed by atoms with Crippen molar-refractivity contribution in [2.24, 2.45) is 0 Å². The maximum atomic E-state index is 13.1. The number of rotatable bonds is 2. The molecule has 2 aromatic rings. The zero-order chi connectivity index (χ0) is 16.7. The van der Waals surface area contributed by atoms with Crippen molar-refractivity contribution in [1.29, 1.82) is 0 Å². The van der Waals surface area contributed by atoms with Crippen LogP contribution in [-0.2, 0) is 6.42 Å². The smallest absolute Gasteiger partial charge is 0.254 e. The van der Waals surface area contributed by atoms with Crippen LogP contribution in [0.3, 0.4) is 0 Å². The van der Waals surface area contributed by atoms with Crippen molar-refractivity contribution in [2.75, 3.05) is 13.2 Å². The molecule has 0 aliphatic carbocycles. The predicted octanol–water partition coefficient (Wildman–Crippen LogP) is 3.59. The number of carbonyl (C=O) groups excluding carboxylic acids is 1. The molecule has 0 saturated carbocycles. The molecule has 1 atom stereocenters. The van der Waals surface area contributed by atoms with Gasteiger partial charge < -0.3 is 14.2 Å². The molecule has 2 aliphatic rings. The molecular formula is C19H22N2O3. The van der Waals surface area contributed by atoms with Gasteiger partial charge in [-0.15, -0.1) is 0 Å². The molecule has 0 N–H and O–H groups in total. The molecule has 0 bridgehead atoms. The second-order valence-electron chi connectivity index (χ2n) is 6.67. The van der Waals surface area contributed by atoms with Crippen LogP contribution in [0.4, 0.5) is 0 Å². The predicted molar refractivity (Wildman–Crippen MR) is 89.2 cm³/mol. The summed E-state index contributed by atoms with van der Waals surface area (Å²) in [7, 11) is 0. The van der Waals surface area contributed by atoms with Crippen molar-refractivity contribution in [3.05, 3.63) is 46.3 Å². The number of aryl methyl sites for hydroxylation is 3. The molecular weight excluding hydrogens is 304 g/mol. The number of likely N-dealkylation sites (tertiary alicyclic amines) is 1. The second-order valence-corrected chi connectivity index (χ2v) is 6.67. The highest BCUT2D eigenvalue weighted by molar-refractivity contribution is 5.95. The van der Waals surface area contributed by atoms with E-state index in [-0.39, 0.29) is 11.9 Å². The Balaban J connectivity index is 1.64. The Morgan fingerprint density at radius 1 is 1.29 bits per heavy atom. The van der Waals surface area contributed by atoms with Gasteiger partial charge in [0.1, 0.15) is 11.5 Å². The highest BCUT2D eigenvalue weighted by Crippen LogP contribution is 2.37. The molecule has 1 saturated heterocycles. The SMILES string of the molecule is Cc1noc(C)c1[C@H]1CCCN1C(=O)c1ccc2c(c1)CCCO2. The van der Waals surface area contributed by atoms with Crippen LogP contribution in [0.25, 0.3) is 0 Å². The van der Waals surface area contributed by atoms with Crippen molar-refractivity contribution in [3.63, 3.8) is 0 Å². The minimum Gasteiger partial charge on any atom is -0.493 e. The second kappa shape index (κ2) is 5.96. The van der Waals surface area contributed by atoms with Crippen LogP contribution in [0.2, 0.25) is 0 Å². The highest BCUT2D eigenvalue weighted by Gasteiger charge is 2.34. The van der Waals surface area contributed by atoms with Gasteiger partial charge in [-0.2, -0.15) is 0 Å². The van der Waals surface area contributed by atoms with E-state index >= 15 is 0 Å². The summed E-state index contributed by atoms with van der Waals surface area (Å²) < 4.78 is 11.0. The lowest BCUT2D eigenvalue weighted by atomic mass is 10.0. The van der Waals surface area contributed by atoms with E-state index in [1.165, 1.54) is 0 Å². The van der Waals surface area contributed by atoms with Gasteiger partial charge >= 0.3 is 0 Å². The Labute approximate surface area is 141 Å². The number of benzene rings is 1. The highest BCUT2D eigenvalue weighted by atomic mass is 16.5. The number of carbonyl (C=O) groups is 1. The number of ether oxygens (including phenoxy) is 1. The van der Waals surface area contributed by atoms with Gasteiger partial charge in [-0.1, -0.05) is 5.16 Å². The van der Waals surface area contributed by atoms with Crippen LogP contribution in [0.1, 0.15) is 58.2 Å². The van der Waals surface area contributed by atoms with Crippen molar-refractivity contribution in [2.45, 2.75) is 45.6 Å². The van der Waals surface area contributed by atoms with Gasteiger partial charge in [0, 0.05) is 17.7 Å². The van der Waals surface area contributed by atoms with Gasteiger partial charge in [0.2, 0.25) is 0 Å². The van der Waals surface area contributed by atoms with E-state index in [2.05, 4.69) is 5.16 Å². The van der Waals surface area contributed by atoms with E-state index in [4.69, 9.17) is 9.26 Å². The summed E-state index contributed by atoms with van der Waals surface area (Å²) in [5, 5.41) is 4.06.